The Bertz CT molecular complexity index is 1340. The van der Waals surface area contributed by atoms with Gasteiger partial charge in [-0.1, -0.05) is 13.0 Å². The lowest BCUT2D eigenvalue weighted by atomic mass is 10.0. The molecule has 218 valence electrons. The summed E-state index contributed by atoms with van der Waals surface area (Å²) in [5.74, 6) is -3.10. The van der Waals surface area contributed by atoms with Gasteiger partial charge >= 0.3 is 12.4 Å². The Morgan fingerprint density at radius 3 is 2.35 bits per heavy atom. The van der Waals surface area contributed by atoms with Gasteiger partial charge in [0.2, 0.25) is 5.91 Å². The second-order valence-corrected chi connectivity index (χ2v) is 9.10. The number of amides is 1. The summed E-state index contributed by atoms with van der Waals surface area (Å²) in [7, 11) is 1.21. The van der Waals surface area contributed by atoms with Gasteiger partial charge in [0.25, 0.3) is 0 Å². The van der Waals surface area contributed by atoms with E-state index in [1.165, 1.54) is 37.0 Å². The van der Waals surface area contributed by atoms with Crippen LogP contribution in [0, 0.1) is 11.6 Å². The van der Waals surface area contributed by atoms with E-state index < -0.39 is 55.3 Å². The molecule has 1 atom stereocenters. The van der Waals surface area contributed by atoms with Crippen molar-refractivity contribution in [3.8, 4) is 11.4 Å². The van der Waals surface area contributed by atoms with Crippen LogP contribution in [0.5, 0.6) is 0 Å². The third-order valence-corrected chi connectivity index (χ3v) is 6.35. The molecule has 1 aromatic carbocycles. The first-order valence-corrected chi connectivity index (χ1v) is 12.2. The number of aliphatic imine (C=N–C) groups is 1. The number of carbonyl (C=O) groups is 1. The van der Waals surface area contributed by atoms with E-state index in [1.807, 2.05) is 0 Å². The van der Waals surface area contributed by atoms with Crippen molar-refractivity contribution in [3.63, 3.8) is 0 Å². The number of amidine groups is 1. The molecule has 0 bridgehead atoms. The van der Waals surface area contributed by atoms with Crippen molar-refractivity contribution in [1.29, 1.82) is 0 Å². The Kier molecular flexibility index (Phi) is 9.10. The number of alkyl halides is 6. The molecule has 1 amide bonds. The van der Waals surface area contributed by atoms with E-state index >= 15 is 0 Å². The van der Waals surface area contributed by atoms with E-state index in [9.17, 15) is 39.9 Å². The molecule has 0 aliphatic carbocycles. The first kappa shape index (κ1) is 30.8. The first-order chi connectivity index (χ1) is 18.6. The molecule has 0 spiro atoms. The maximum absolute atomic E-state index is 14.7. The molecular formula is C26H27F8N5O. The van der Waals surface area contributed by atoms with Crippen molar-refractivity contribution in [2.24, 2.45) is 4.99 Å². The zero-order chi connectivity index (χ0) is 30.0. The number of nitrogens with zero attached hydrogens (tertiary/aromatic N) is 5. The zero-order valence-electron chi connectivity index (χ0n) is 22.0. The number of benzene rings is 1. The maximum Gasteiger partial charge on any atom is 0.391 e. The van der Waals surface area contributed by atoms with Crippen molar-refractivity contribution in [2.45, 2.75) is 58.4 Å². The highest BCUT2D eigenvalue weighted by atomic mass is 19.4. The van der Waals surface area contributed by atoms with E-state index in [2.05, 4.69) is 9.98 Å². The van der Waals surface area contributed by atoms with Gasteiger partial charge in [-0.2, -0.15) is 26.3 Å². The number of rotatable bonds is 7. The van der Waals surface area contributed by atoms with Crippen LogP contribution in [-0.2, 0) is 4.79 Å². The molecule has 2 aromatic rings. The number of halogens is 8. The van der Waals surface area contributed by atoms with Gasteiger partial charge < -0.3 is 9.80 Å². The number of piperazine rings is 1. The Labute approximate surface area is 225 Å². The largest absolute Gasteiger partial charge is 0.391 e. The normalized spacial score (nSPS) is 19.6. The SMILES string of the molecule is C\C=C1/C(=N\C(=C(/C)CC)n2ccnc2-c2ccc(F)cc2F)N(CCC(F)(F)F)C(CC(F)(F)F)C(=O)N1C. The maximum atomic E-state index is 14.7. The molecule has 40 heavy (non-hydrogen) atoms. The average molecular weight is 578 g/mol. The molecule has 1 fully saturated rings. The summed E-state index contributed by atoms with van der Waals surface area (Å²) < 4.78 is 110. The van der Waals surface area contributed by atoms with Gasteiger partial charge in [0.05, 0.1) is 24.1 Å². The third kappa shape index (κ3) is 6.89. The van der Waals surface area contributed by atoms with Crippen LogP contribution in [0.25, 0.3) is 17.2 Å². The van der Waals surface area contributed by atoms with Gasteiger partial charge in [-0.15, -0.1) is 0 Å². The van der Waals surface area contributed by atoms with Gasteiger partial charge in [-0.3, -0.25) is 9.36 Å². The van der Waals surface area contributed by atoms with Gasteiger partial charge in [0.15, 0.2) is 5.84 Å². The minimum absolute atomic E-state index is 0.0124. The molecule has 0 N–H and O–H groups in total. The summed E-state index contributed by atoms with van der Waals surface area (Å²) in [6.07, 6.45) is -8.43. The van der Waals surface area contributed by atoms with Gasteiger partial charge in [0, 0.05) is 32.1 Å². The Morgan fingerprint density at radius 1 is 1.12 bits per heavy atom. The van der Waals surface area contributed by atoms with Gasteiger partial charge in [0.1, 0.15) is 29.3 Å². The number of imidazole rings is 1. The zero-order valence-corrected chi connectivity index (χ0v) is 22.0. The predicted octanol–water partition coefficient (Wildman–Crippen LogP) is 6.78. The molecule has 1 unspecified atom stereocenters. The average Bonchev–Trinajstić information content (AvgIpc) is 3.32. The molecular weight excluding hydrogens is 550 g/mol. The third-order valence-electron chi connectivity index (χ3n) is 6.35. The van der Waals surface area contributed by atoms with Crippen molar-refractivity contribution in [2.75, 3.05) is 13.6 Å². The number of carbonyl (C=O) groups excluding carboxylic acids is 1. The smallest absolute Gasteiger partial charge is 0.342 e. The lowest BCUT2D eigenvalue weighted by molar-refractivity contribution is -0.162. The van der Waals surface area contributed by atoms with Crippen molar-refractivity contribution >= 4 is 17.6 Å². The van der Waals surface area contributed by atoms with Crippen LogP contribution in [0.1, 0.15) is 40.0 Å². The van der Waals surface area contributed by atoms with Crippen LogP contribution in [0.2, 0.25) is 0 Å². The highest BCUT2D eigenvalue weighted by molar-refractivity contribution is 6.08. The summed E-state index contributed by atoms with van der Waals surface area (Å²) >= 11 is 0. The van der Waals surface area contributed by atoms with Crippen LogP contribution in [-0.4, -0.2) is 63.1 Å². The van der Waals surface area contributed by atoms with E-state index in [-0.39, 0.29) is 28.7 Å². The molecule has 14 heteroatoms. The number of hydrogen-bond donors (Lipinski definition) is 0. The van der Waals surface area contributed by atoms with Crippen molar-refractivity contribution in [1.82, 2.24) is 19.4 Å². The molecule has 1 aromatic heterocycles. The molecule has 2 heterocycles. The van der Waals surface area contributed by atoms with E-state index in [0.29, 0.717) is 18.1 Å². The molecule has 0 saturated carbocycles. The molecule has 1 aliphatic heterocycles. The number of likely N-dealkylation sites (N-methyl/N-ethyl adjacent to an activating group) is 1. The quantitative estimate of drug-likeness (QED) is 0.341. The van der Waals surface area contributed by atoms with Gasteiger partial charge in [-0.25, -0.2) is 18.8 Å². The fourth-order valence-electron chi connectivity index (χ4n) is 4.25. The van der Waals surface area contributed by atoms with Gasteiger partial charge in [-0.05, 0) is 38.0 Å². The lowest BCUT2D eigenvalue weighted by Gasteiger charge is -2.43. The highest BCUT2D eigenvalue weighted by Crippen LogP contribution is 2.34. The number of aromatic nitrogens is 2. The second-order valence-electron chi connectivity index (χ2n) is 9.10. The minimum atomic E-state index is -4.87. The van der Waals surface area contributed by atoms with Crippen LogP contribution >= 0.6 is 0 Å². The molecule has 0 radical (unpaired) electrons. The molecule has 3 rings (SSSR count). The standard InChI is InChI=1S/C26H27F8N5O/c1-5-15(3)21(39-12-10-35-22(39)17-8-7-16(27)13-18(17)28)36-23-19(6-2)37(4)24(40)20(14-26(32,33)34)38(23)11-9-25(29,30)31/h6-8,10,12-13,20H,5,9,11,14H2,1-4H3/b19-6+,21-15-,36-23+. The van der Waals surface area contributed by atoms with E-state index in [0.717, 1.165) is 21.9 Å². The Morgan fingerprint density at radius 2 is 1.80 bits per heavy atom. The molecule has 1 aliphatic rings. The predicted molar refractivity (Wildman–Crippen MR) is 133 cm³/mol. The van der Waals surface area contributed by atoms with Crippen LogP contribution in [0.3, 0.4) is 0 Å². The first-order valence-electron chi connectivity index (χ1n) is 12.2. The van der Waals surface area contributed by atoms with Crippen LogP contribution in [0.15, 0.2) is 52.9 Å². The van der Waals surface area contributed by atoms with Crippen LogP contribution < -0.4 is 0 Å². The lowest BCUT2D eigenvalue weighted by Crippen LogP contribution is -2.59. The van der Waals surface area contributed by atoms with E-state index in [1.54, 1.807) is 13.8 Å². The minimum Gasteiger partial charge on any atom is -0.342 e. The molecule has 1 saturated heterocycles. The highest BCUT2D eigenvalue weighted by Gasteiger charge is 2.46. The molecule has 6 nitrogen and oxygen atoms in total. The van der Waals surface area contributed by atoms with Crippen LogP contribution in [0.4, 0.5) is 35.1 Å². The summed E-state index contributed by atoms with van der Waals surface area (Å²) in [6.45, 7) is 3.87. The monoisotopic (exact) mass is 577 g/mol. The van der Waals surface area contributed by atoms with E-state index in [4.69, 9.17) is 0 Å². The summed E-state index contributed by atoms with van der Waals surface area (Å²) in [5.41, 5.74) is 0.396. The summed E-state index contributed by atoms with van der Waals surface area (Å²) in [5, 5.41) is 0. The number of hydrogen-bond acceptors (Lipinski definition) is 3. The Hall–Kier alpha value is -3.71. The fraction of sp³-hybridized carbons (Fsp3) is 0.423. The summed E-state index contributed by atoms with van der Waals surface area (Å²) in [6, 6.07) is 0.806. The Balaban J connectivity index is 2.28. The van der Waals surface area contributed by atoms with Crippen molar-refractivity contribution in [3.05, 3.63) is 59.6 Å². The second kappa shape index (κ2) is 11.8. The fourth-order valence-corrected chi connectivity index (χ4v) is 4.25. The topological polar surface area (TPSA) is 53.7 Å². The summed E-state index contributed by atoms with van der Waals surface area (Å²) in [4.78, 5) is 23.3. The number of allylic oxidation sites excluding steroid dienone is 2. The van der Waals surface area contributed by atoms with Crippen molar-refractivity contribution < 1.29 is 39.9 Å².